The van der Waals surface area contributed by atoms with E-state index in [1.807, 2.05) is 30.3 Å². The largest absolute Gasteiger partial charge is 0.493 e. The van der Waals surface area contributed by atoms with Gasteiger partial charge in [-0.05, 0) is 29.8 Å². The Morgan fingerprint density at radius 3 is 2.09 bits per heavy atom. The first-order valence-electron chi connectivity index (χ1n) is 9.95. The van der Waals surface area contributed by atoms with Gasteiger partial charge in [0, 0.05) is 5.56 Å². The minimum absolute atomic E-state index is 0.0672. The number of hydrogen-bond acceptors (Lipinski definition) is 6. The summed E-state index contributed by atoms with van der Waals surface area (Å²) in [5, 5.41) is 2.68. The normalized spacial score (nSPS) is 11.0. The zero-order valence-corrected chi connectivity index (χ0v) is 18.9. The van der Waals surface area contributed by atoms with Crippen molar-refractivity contribution in [1.29, 1.82) is 0 Å². The zero-order chi connectivity index (χ0) is 23.1. The van der Waals surface area contributed by atoms with E-state index in [0.717, 1.165) is 5.56 Å². The van der Waals surface area contributed by atoms with Crippen LogP contribution in [0.5, 0.6) is 17.2 Å². The monoisotopic (exact) mass is 455 g/mol. The number of amides is 1. The molecule has 0 radical (unpaired) electrons. The lowest BCUT2D eigenvalue weighted by molar-refractivity contribution is 0.102. The Hall–Kier alpha value is -3.52. The molecule has 32 heavy (non-hydrogen) atoms. The summed E-state index contributed by atoms with van der Waals surface area (Å²) in [6, 6.07) is 18.9. The maximum atomic E-state index is 13.0. The van der Waals surface area contributed by atoms with Crippen molar-refractivity contribution in [2.24, 2.45) is 0 Å². The number of hydrogen-bond donors (Lipinski definition) is 1. The number of benzene rings is 3. The van der Waals surface area contributed by atoms with Gasteiger partial charge in [-0.2, -0.15) is 0 Å². The summed E-state index contributed by atoms with van der Waals surface area (Å²) < 4.78 is 41.5. The number of rotatable bonds is 9. The average Bonchev–Trinajstić information content (AvgIpc) is 2.83. The lowest BCUT2D eigenvalue weighted by Crippen LogP contribution is -2.16. The molecular weight excluding hydrogens is 430 g/mol. The number of methoxy groups -OCH3 is 2. The fourth-order valence-electron chi connectivity index (χ4n) is 3.07. The van der Waals surface area contributed by atoms with Crippen molar-refractivity contribution in [3.05, 3.63) is 77.9 Å². The minimum atomic E-state index is -3.51. The van der Waals surface area contributed by atoms with Gasteiger partial charge >= 0.3 is 0 Å². The van der Waals surface area contributed by atoms with Crippen molar-refractivity contribution < 1.29 is 27.4 Å². The summed E-state index contributed by atoms with van der Waals surface area (Å²) in [5.74, 6) is 0.425. The number of carbonyl (C=O) groups excluding carboxylic acids is 1. The van der Waals surface area contributed by atoms with Gasteiger partial charge in [0.25, 0.3) is 5.91 Å². The Morgan fingerprint density at radius 2 is 1.50 bits per heavy atom. The van der Waals surface area contributed by atoms with Crippen LogP contribution in [0.4, 0.5) is 5.69 Å². The quantitative estimate of drug-likeness (QED) is 0.517. The molecule has 0 saturated heterocycles. The SMILES string of the molecule is CCS(=O)(=O)c1ccccc1NC(=O)c1cc(OC)c(OCc2ccccc2)c(OC)c1. The molecule has 0 saturated carbocycles. The van der Waals surface area contributed by atoms with Crippen LogP contribution < -0.4 is 19.5 Å². The van der Waals surface area contributed by atoms with Gasteiger partial charge in [0.15, 0.2) is 21.3 Å². The Labute approximate surface area is 187 Å². The highest BCUT2D eigenvalue weighted by Gasteiger charge is 2.21. The van der Waals surface area contributed by atoms with Gasteiger partial charge in [-0.1, -0.05) is 49.4 Å². The highest BCUT2D eigenvalue weighted by Crippen LogP contribution is 2.39. The third kappa shape index (κ3) is 5.20. The molecule has 0 unspecified atom stereocenters. The van der Waals surface area contributed by atoms with E-state index in [1.54, 1.807) is 25.1 Å². The molecule has 1 N–H and O–H groups in total. The van der Waals surface area contributed by atoms with E-state index in [9.17, 15) is 13.2 Å². The topological polar surface area (TPSA) is 90.9 Å². The molecule has 0 heterocycles. The summed E-state index contributed by atoms with van der Waals surface area (Å²) in [7, 11) is -0.572. The van der Waals surface area contributed by atoms with Crippen molar-refractivity contribution in [2.75, 3.05) is 25.3 Å². The van der Waals surface area contributed by atoms with Crippen molar-refractivity contribution in [3.63, 3.8) is 0 Å². The third-order valence-corrected chi connectivity index (χ3v) is 6.59. The van der Waals surface area contributed by atoms with E-state index in [4.69, 9.17) is 14.2 Å². The summed E-state index contributed by atoms with van der Waals surface area (Å²) in [4.78, 5) is 13.0. The standard InChI is InChI=1S/C24H25NO6S/c1-4-32(27,28)22-13-9-8-12-19(22)25-24(26)18-14-20(29-2)23(21(15-18)30-3)31-16-17-10-6-5-7-11-17/h5-15H,4,16H2,1-3H3,(H,25,26). The molecule has 1 amide bonds. The third-order valence-electron chi connectivity index (χ3n) is 4.80. The van der Waals surface area contributed by atoms with Crippen LogP contribution >= 0.6 is 0 Å². The molecule has 7 nitrogen and oxygen atoms in total. The van der Waals surface area contributed by atoms with Crippen LogP contribution in [0.15, 0.2) is 71.6 Å². The van der Waals surface area contributed by atoms with E-state index in [2.05, 4.69) is 5.32 Å². The Kier molecular flexibility index (Phi) is 7.37. The Morgan fingerprint density at radius 1 is 0.906 bits per heavy atom. The van der Waals surface area contributed by atoms with Crippen molar-refractivity contribution in [1.82, 2.24) is 0 Å². The molecule has 0 aliphatic carbocycles. The molecule has 168 valence electrons. The lowest BCUT2D eigenvalue weighted by atomic mass is 10.1. The second kappa shape index (κ2) is 10.2. The summed E-state index contributed by atoms with van der Waals surface area (Å²) in [6.07, 6.45) is 0. The van der Waals surface area contributed by atoms with Gasteiger partial charge in [-0.15, -0.1) is 0 Å². The zero-order valence-electron chi connectivity index (χ0n) is 18.1. The van der Waals surface area contributed by atoms with Gasteiger partial charge in [0.05, 0.1) is 30.6 Å². The number of anilines is 1. The van der Waals surface area contributed by atoms with E-state index >= 15 is 0 Å². The van der Waals surface area contributed by atoms with Crippen LogP contribution in [0.2, 0.25) is 0 Å². The molecule has 8 heteroatoms. The van der Waals surface area contributed by atoms with Gasteiger partial charge in [-0.3, -0.25) is 4.79 Å². The molecule has 0 aliphatic heterocycles. The lowest BCUT2D eigenvalue weighted by Gasteiger charge is -2.17. The van der Waals surface area contributed by atoms with Crippen LogP contribution in [0.3, 0.4) is 0 Å². The number of carbonyl (C=O) groups is 1. The van der Waals surface area contributed by atoms with Crippen molar-refractivity contribution in [2.45, 2.75) is 18.4 Å². The highest BCUT2D eigenvalue weighted by atomic mass is 32.2. The summed E-state index contributed by atoms with van der Waals surface area (Å²) >= 11 is 0. The molecule has 0 spiro atoms. The molecule has 0 bridgehead atoms. The minimum Gasteiger partial charge on any atom is -0.493 e. The summed E-state index contributed by atoms with van der Waals surface area (Å²) in [5.41, 5.74) is 1.41. The van der Waals surface area contributed by atoms with E-state index in [-0.39, 0.29) is 21.9 Å². The first-order chi connectivity index (χ1) is 15.4. The van der Waals surface area contributed by atoms with Crippen LogP contribution in [0.25, 0.3) is 0 Å². The molecule has 0 aromatic heterocycles. The predicted molar refractivity (Wildman–Crippen MR) is 122 cm³/mol. The fourth-order valence-corrected chi connectivity index (χ4v) is 4.13. The Bertz CT molecular complexity index is 1170. The van der Waals surface area contributed by atoms with Crippen LogP contribution in [0, 0.1) is 0 Å². The van der Waals surface area contributed by atoms with Crippen molar-refractivity contribution in [3.8, 4) is 17.2 Å². The average molecular weight is 456 g/mol. The fraction of sp³-hybridized carbons (Fsp3) is 0.208. The molecule has 0 atom stereocenters. The number of ether oxygens (including phenoxy) is 3. The molecule has 0 fully saturated rings. The second-order valence-corrected chi connectivity index (χ2v) is 9.08. The molecular formula is C24H25NO6S. The van der Waals surface area contributed by atoms with E-state index < -0.39 is 15.7 Å². The van der Waals surface area contributed by atoms with Gasteiger partial charge in [0.2, 0.25) is 5.75 Å². The van der Waals surface area contributed by atoms with E-state index in [0.29, 0.717) is 23.9 Å². The van der Waals surface area contributed by atoms with Crippen LogP contribution in [-0.4, -0.2) is 34.3 Å². The molecule has 3 aromatic carbocycles. The molecule has 3 rings (SSSR count). The second-order valence-electron chi connectivity index (χ2n) is 6.84. The number of sulfone groups is 1. The first kappa shape index (κ1) is 23.1. The summed E-state index contributed by atoms with van der Waals surface area (Å²) in [6.45, 7) is 1.85. The maximum absolute atomic E-state index is 13.0. The van der Waals surface area contributed by atoms with E-state index in [1.165, 1.54) is 32.4 Å². The molecule has 3 aromatic rings. The van der Waals surface area contributed by atoms with Gasteiger partial charge < -0.3 is 19.5 Å². The van der Waals surface area contributed by atoms with Gasteiger partial charge in [0.1, 0.15) is 6.61 Å². The Balaban J connectivity index is 1.90. The first-order valence-corrected chi connectivity index (χ1v) is 11.6. The number of para-hydroxylation sites is 1. The van der Waals surface area contributed by atoms with Gasteiger partial charge in [-0.25, -0.2) is 8.42 Å². The smallest absolute Gasteiger partial charge is 0.255 e. The number of nitrogens with one attached hydrogen (secondary N) is 1. The highest BCUT2D eigenvalue weighted by molar-refractivity contribution is 7.91. The maximum Gasteiger partial charge on any atom is 0.255 e. The van der Waals surface area contributed by atoms with Crippen LogP contribution in [-0.2, 0) is 16.4 Å². The van der Waals surface area contributed by atoms with Crippen molar-refractivity contribution >= 4 is 21.4 Å². The van der Waals surface area contributed by atoms with Crippen LogP contribution in [0.1, 0.15) is 22.8 Å². The molecule has 0 aliphatic rings. The predicted octanol–water partition coefficient (Wildman–Crippen LogP) is 4.33.